The van der Waals surface area contributed by atoms with Crippen molar-refractivity contribution in [3.8, 4) is 5.75 Å². The highest BCUT2D eigenvalue weighted by molar-refractivity contribution is 7.89. The van der Waals surface area contributed by atoms with Gasteiger partial charge in [0.2, 0.25) is 10.0 Å². The summed E-state index contributed by atoms with van der Waals surface area (Å²) in [5.41, 5.74) is 4.32. The van der Waals surface area contributed by atoms with Gasteiger partial charge in [-0.15, -0.1) is 0 Å². The maximum absolute atomic E-state index is 12.9. The molecule has 0 bridgehead atoms. The Kier molecular flexibility index (Phi) is 6.14. The summed E-state index contributed by atoms with van der Waals surface area (Å²) in [5, 5.41) is 0.346. The molecule has 1 unspecified atom stereocenters. The highest BCUT2D eigenvalue weighted by atomic mass is 35.5. The van der Waals surface area contributed by atoms with E-state index in [2.05, 4.69) is 10.8 Å². The van der Waals surface area contributed by atoms with Gasteiger partial charge in [-0.3, -0.25) is 0 Å². The van der Waals surface area contributed by atoms with Crippen molar-refractivity contribution in [1.29, 1.82) is 0 Å². The Labute approximate surface area is 155 Å². The largest absolute Gasteiger partial charge is 0.492 e. The highest BCUT2D eigenvalue weighted by Crippen LogP contribution is 2.29. The minimum absolute atomic E-state index is 0.0511. The zero-order valence-electron chi connectivity index (χ0n) is 15.2. The summed E-state index contributed by atoms with van der Waals surface area (Å²) in [6, 6.07) is 8.32. The minimum Gasteiger partial charge on any atom is -0.492 e. The van der Waals surface area contributed by atoms with E-state index in [-0.39, 0.29) is 10.9 Å². The number of rotatable bonds is 6. The number of benzene rings is 2. The van der Waals surface area contributed by atoms with Crippen LogP contribution in [0.4, 0.5) is 0 Å². The molecule has 2 rings (SSSR count). The second-order valence-corrected chi connectivity index (χ2v) is 8.28. The maximum atomic E-state index is 12.9. The second-order valence-electron chi connectivity index (χ2n) is 6.16. The highest BCUT2D eigenvalue weighted by Gasteiger charge is 2.24. The third-order valence-corrected chi connectivity index (χ3v) is 5.97. The molecule has 0 aromatic heterocycles. The van der Waals surface area contributed by atoms with Crippen LogP contribution in [-0.2, 0) is 10.0 Å². The van der Waals surface area contributed by atoms with Crippen LogP contribution >= 0.6 is 11.6 Å². The summed E-state index contributed by atoms with van der Waals surface area (Å²) < 4.78 is 33.9. The molecule has 0 fully saturated rings. The van der Waals surface area contributed by atoms with E-state index in [1.165, 1.54) is 11.6 Å². The monoisotopic (exact) mass is 381 g/mol. The lowest BCUT2D eigenvalue weighted by atomic mass is 9.97. The molecule has 0 saturated carbocycles. The molecule has 0 saturated heterocycles. The van der Waals surface area contributed by atoms with Crippen LogP contribution < -0.4 is 9.46 Å². The maximum Gasteiger partial charge on any atom is 0.244 e. The minimum atomic E-state index is -3.78. The molecule has 2 aromatic carbocycles. The average molecular weight is 382 g/mol. The Balaban J connectivity index is 2.39. The number of nitrogens with one attached hydrogen (secondary N) is 1. The van der Waals surface area contributed by atoms with Gasteiger partial charge in [-0.25, -0.2) is 13.1 Å². The van der Waals surface area contributed by atoms with E-state index < -0.39 is 10.0 Å². The fourth-order valence-corrected chi connectivity index (χ4v) is 4.41. The molecule has 0 heterocycles. The van der Waals surface area contributed by atoms with Crippen LogP contribution in [0.1, 0.15) is 42.1 Å². The lowest BCUT2D eigenvalue weighted by Crippen LogP contribution is -2.28. The number of hydrogen-bond acceptors (Lipinski definition) is 3. The molecule has 0 aliphatic carbocycles. The van der Waals surface area contributed by atoms with Gasteiger partial charge in [-0.05, 0) is 75.1 Å². The molecule has 0 spiro atoms. The molecule has 1 N–H and O–H groups in total. The summed E-state index contributed by atoms with van der Waals surface area (Å²) in [7, 11) is -3.78. The van der Waals surface area contributed by atoms with Crippen molar-refractivity contribution in [3.63, 3.8) is 0 Å². The van der Waals surface area contributed by atoms with Crippen LogP contribution in [-0.4, -0.2) is 15.0 Å². The third kappa shape index (κ3) is 4.54. The number of sulfonamides is 1. The molecule has 4 nitrogen and oxygen atoms in total. The normalized spacial score (nSPS) is 12.9. The summed E-state index contributed by atoms with van der Waals surface area (Å²) in [5.74, 6) is 0.295. The van der Waals surface area contributed by atoms with Gasteiger partial charge < -0.3 is 4.74 Å². The smallest absolute Gasteiger partial charge is 0.244 e. The predicted octanol–water partition coefficient (Wildman–Crippen LogP) is 4.70. The van der Waals surface area contributed by atoms with Crippen LogP contribution in [0.15, 0.2) is 35.2 Å². The molecule has 136 valence electrons. The summed E-state index contributed by atoms with van der Waals surface area (Å²) >= 11 is 5.99. The Morgan fingerprint density at radius 2 is 1.72 bits per heavy atom. The van der Waals surface area contributed by atoms with Gasteiger partial charge in [-0.2, -0.15) is 0 Å². The molecule has 1 atom stereocenters. The van der Waals surface area contributed by atoms with Gasteiger partial charge in [0.25, 0.3) is 0 Å². The van der Waals surface area contributed by atoms with E-state index in [9.17, 15) is 8.42 Å². The van der Waals surface area contributed by atoms with Gasteiger partial charge in [0.1, 0.15) is 10.6 Å². The first-order valence-corrected chi connectivity index (χ1v) is 10.0. The lowest BCUT2D eigenvalue weighted by molar-refractivity contribution is 0.331. The molecule has 2 aromatic rings. The van der Waals surface area contributed by atoms with Crippen molar-refractivity contribution in [2.75, 3.05) is 6.61 Å². The van der Waals surface area contributed by atoms with Crippen molar-refractivity contribution < 1.29 is 13.2 Å². The zero-order valence-corrected chi connectivity index (χ0v) is 16.8. The first-order valence-electron chi connectivity index (χ1n) is 8.18. The molecular weight excluding hydrogens is 358 g/mol. The zero-order chi connectivity index (χ0) is 18.8. The van der Waals surface area contributed by atoms with Crippen LogP contribution in [0.2, 0.25) is 5.02 Å². The van der Waals surface area contributed by atoms with Gasteiger partial charge in [0.05, 0.1) is 6.61 Å². The number of aryl methyl sites for hydroxylation is 3. The van der Waals surface area contributed by atoms with Gasteiger partial charge in [-0.1, -0.05) is 23.7 Å². The first kappa shape index (κ1) is 19.8. The van der Waals surface area contributed by atoms with Gasteiger partial charge >= 0.3 is 0 Å². The first-order chi connectivity index (χ1) is 11.7. The molecular formula is C19H24ClNO3S. The predicted molar refractivity (Wildman–Crippen MR) is 102 cm³/mol. The second kappa shape index (κ2) is 7.77. The Bertz CT molecular complexity index is 878. The fraction of sp³-hybridized carbons (Fsp3) is 0.368. The standard InChI is InChI=1S/C19H24ClNO3S/c1-6-24-18-8-7-16(20)11-19(18)25(22,23)21-15(5)17-10-13(3)12(2)9-14(17)4/h7-11,15,21H,6H2,1-5H3. The number of halogens is 1. The van der Waals surface area contributed by atoms with Crippen molar-refractivity contribution in [2.24, 2.45) is 0 Å². The average Bonchev–Trinajstić information content (AvgIpc) is 2.52. The third-order valence-electron chi connectivity index (χ3n) is 4.18. The van der Waals surface area contributed by atoms with Crippen molar-refractivity contribution in [1.82, 2.24) is 4.72 Å². The molecule has 0 radical (unpaired) electrons. The summed E-state index contributed by atoms with van der Waals surface area (Å²) in [6.07, 6.45) is 0. The Hall–Kier alpha value is -1.56. The van der Waals surface area contributed by atoms with E-state index in [0.29, 0.717) is 17.4 Å². The molecule has 0 aliphatic heterocycles. The van der Waals surface area contributed by atoms with Crippen LogP contribution in [0, 0.1) is 20.8 Å². The van der Waals surface area contributed by atoms with Gasteiger partial charge in [0, 0.05) is 11.1 Å². The quantitative estimate of drug-likeness (QED) is 0.788. The van der Waals surface area contributed by atoms with Crippen molar-refractivity contribution in [3.05, 3.63) is 57.6 Å². The van der Waals surface area contributed by atoms with E-state index in [4.69, 9.17) is 16.3 Å². The van der Waals surface area contributed by atoms with E-state index in [1.807, 2.05) is 33.8 Å². The number of hydrogen-bond donors (Lipinski definition) is 1. The molecule has 0 amide bonds. The Morgan fingerprint density at radius 1 is 1.08 bits per heavy atom. The van der Waals surface area contributed by atoms with E-state index >= 15 is 0 Å². The Morgan fingerprint density at radius 3 is 2.36 bits per heavy atom. The molecule has 25 heavy (non-hydrogen) atoms. The molecule has 6 heteroatoms. The van der Waals surface area contributed by atoms with Gasteiger partial charge in [0.15, 0.2) is 0 Å². The SMILES string of the molecule is CCOc1ccc(Cl)cc1S(=O)(=O)NC(C)c1cc(C)c(C)cc1C. The van der Waals surface area contributed by atoms with Crippen molar-refractivity contribution >= 4 is 21.6 Å². The number of ether oxygens (including phenoxy) is 1. The summed E-state index contributed by atoms with van der Waals surface area (Å²) in [4.78, 5) is 0.0511. The van der Waals surface area contributed by atoms with E-state index in [0.717, 1.165) is 16.7 Å². The van der Waals surface area contributed by atoms with Crippen LogP contribution in [0.5, 0.6) is 5.75 Å². The van der Waals surface area contributed by atoms with Crippen LogP contribution in [0.25, 0.3) is 0 Å². The molecule has 0 aliphatic rings. The topological polar surface area (TPSA) is 55.4 Å². The van der Waals surface area contributed by atoms with E-state index in [1.54, 1.807) is 19.1 Å². The fourth-order valence-electron chi connectivity index (χ4n) is 2.78. The lowest BCUT2D eigenvalue weighted by Gasteiger charge is -2.19. The summed E-state index contributed by atoms with van der Waals surface area (Å²) in [6.45, 7) is 10.1. The van der Waals surface area contributed by atoms with Crippen LogP contribution in [0.3, 0.4) is 0 Å². The van der Waals surface area contributed by atoms with Crippen molar-refractivity contribution in [2.45, 2.75) is 45.6 Å².